The Morgan fingerprint density at radius 3 is 2.70 bits per heavy atom. The number of amides is 1. The number of nitrogens with one attached hydrogen (secondary N) is 1. The highest BCUT2D eigenvalue weighted by atomic mass is 35.5. The highest BCUT2D eigenvalue weighted by Crippen LogP contribution is 2.54. The number of halogens is 2. The molecule has 1 aliphatic carbocycles. The van der Waals surface area contributed by atoms with E-state index in [-0.39, 0.29) is 35.4 Å². The Bertz CT molecular complexity index is 1270. The van der Waals surface area contributed by atoms with Gasteiger partial charge in [0.2, 0.25) is 0 Å². The fourth-order valence-corrected chi connectivity index (χ4v) is 8.49. The molecule has 2 aromatic carbocycles. The van der Waals surface area contributed by atoms with Crippen LogP contribution in [0.1, 0.15) is 41.2 Å². The summed E-state index contributed by atoms with van der Waals surface area (Å²) in [5.74, 6) is 0.546. The smallest absolute Gasteiger partial charge is 0.273 e. The summed E-state index contributed by atoms with van der Waals surface area (Å²) >= 11 is 12.6. The molecule has 0 spiro atoms. The summed E-state index contributed by atoms with van der Waals surface area (Å²) in [7, 11) is 0.929. The van der Waals surface area contributed by atoms with Crippen LogP contribution in [0.25, 0.3) is 0 Å². The van der Waals surface area contributed by atoms with Crippen molar-refractivity contribution in [2.75, 3.05) is 19.5 Å². The predicted molar refractivity (Wildman–Crippen MR) is 143 cm³/mol. The molecule has 6 atom stereocenters. The summed E-state index contributed by atoms with van der Waals surface area (Å²) in [6.07, 6.45) is 2.67. The normalized spacial score (nSPS) is 30.5. The number of rotatable bonds is 6. The third-order valence-electron chi connectivity index (χ3n) is 7.14. The molecular weight excluding hydrogens is 535 g/mol. The molecule has 3 aliphatic rings. The fourth-order valence-electron chi connectivity index (χ4n) is 5.07. The first kappa shape index (κ1) is 25.2. The lowest BCUT2D eigenvalue weighted by Gasteiger charge is -2.51. The van der Waals surface area contributed by atoms with Crippen LogP contribution in [0.5, 0.6) is 0 Å². The van der Waals surface area contributed by atoms with Gasteiger partial charge >= 0.3 is 0 Å². The summed E-state index contributed by atoms with van der Waals surface area (Å²) in [5, 5.41) is 12.6. The zero-order valence-corrected chi connectivity index (χ0v) is 22.6. The van der Waals surface area contributed by atoms with Crippen molar-refractivity contribution in [3.8, 4) is 0 Å². The number of aromatic nitrogens is 3. The van der Waals surface area contributed by atoms with E-state index in [0.717, 1.165) is 29.1 Å². The molecule has 6 rings (SSSR count). The second kappa shape index (κ2) is 10.6. The molecule has 1 saturated carbocycles. The number of carbonyl (C=O) groups is 1. The lowest BCUT2D eigenvalue weighted by atomic mass is 10.0. The van der Waals surface area contributed by atoms with Gasteiger partial charge in [-0.1, -0.05) is 58.7 Å². The van der Waals surface area contributed by atoms with Gasteiger partial charge in [0.1, 0.15) is 6.04 Å². The molecule has 1 aromatic heterocycles. The first-order valence-corrected chi connectivity index (χ1v) is 14.7. The molecule has 2 saturated heterocycles. The minimum atomic E-state index is -0.771. The molecule has 8 nitrogen and oxygen atoms in total. The molecule has 196 valence electrons. The van der Waals surface area contributed by atoms with Gasteiger partial charge in [-0.15, -0.1) is 5.10 Å². The van der Waals surface area contributed by atoms with Gasteiger partial charge in [0, 0.05) is 29.7 Å². The largest absolute Gasteiger partial charge is 0.378 e. The summed E-state index contributed by atoms with van der Waals surface area (Å²) in [6, 6.07) is 15.6. The number of hydrogen-bond donors (Lipinski definition) is 2. The van der Waals surface area contributed by atoms with Crippen LogP contribution < -0.4 is 5.32 Å². The van der Waals surface area contributed by atoms with E-state index in [0.29, 0.717) is 22.3 Å². The van der Waals surface area contributed by atoms with Crippen molar-refractivity contribution in [3.05, 3.63) is 76.0 Å². The van der Waals surface area contributed by atoms with Crippen LogP contribution in [0.2, 0.25) is 10.0 Å². The standard InChI is InChI=1S/C26H28Cl2N4O4S/c1-34-21-14-37(17-9-10-18(27)19(28)11-17)22-13-35-26(15-5-3-2-4-6-15)36-24(22)23(21)32-12-20(30-31-32)25(33)29-16-7-8-16/h2-6,9-12,16,21-24,26,37H,7-8,13-14H2,1H3,(H,29,33)/t21-,22+,23-,24-,26?/m0/s1. The summed E-state index contributed by atoms with van der Waals surface area (Å²) < 4.78 is 20.7. The summed E-state index contributed by atoms with van der Waals surface area (Å²) in [5.41, 5.74) is 1.24. The highest BCUT2D eigenvalue weighted by molar-refractivity contribution is 8.17. The number of thiol groups is 1. The van der Waals surface area contributed by atoms with E-state index in [2.05, 4.69) is 15.6 Å². The molecule has 3 aromatic rings. The Labute approximate surface area is 227 Å². The van der Waals surface area contributed by atoms with Crippen LogP contribution in [0, 0.1) is 0 Å². The second-order valence-corrected chi connectivity index (χ2v) is 12.9. The van der Waals surface area contributed by atoms with Crippen molar-refractivity contribution in [2.45, 2.75) is 53.6 Å². The lowest BCUT2D eigenvalue weighted by molar-refractivity contribution is -0.233. The van der Waals surface area contributed by atoms with E-state index >= 15 is 0 Å². The van der Waals surface area contributed by atoms with Gasteiger partial charge in [-0.3, -0.25) is 4.79 Å². The van der Waals surface area contributed by atoms with E-state index in [4.69, 9.17) is 37.4 Å². The van der Waals surface area contributed by atoms with Crippen LogP contribution in [0.3, 0.4) is 0 Å². The van der Waals surface area contributed by atoms with Gasteiger partial charge in [0.05, 0.1) is 35.1 Å². The minimum Gasteiger partial charge on any atom is -0.378 e. The molecular formula is C26H28Cl2N4O4S. The van der Waals surface area contributed by atoms with Gasteiger partial charge in [0.15, 0.2) is 12.0 Å². The number of ether oxygens (including phenoxy) is 3. The first-order valence-electron chi connectivity index (χ1n) is 12.3. The van der Waals surface area contributed by atoms with Crippen molar-refractivity contribution in [2.24, 2.45) is 0 Å². The van der Waals surface area contributed by atoms with E-state index in [9.17, 15) is 4.79 Å². The van der Waals surface area contributed by atoms with Gasteiger partial charge in [-0.25, -0.2) is 15.6 Å². The zero-order valence-electron chi connectivity index (χ0n) is 20.2. The Morgan fingerprint density at radius 2 is 1.97 bits per heavy atom. The zero-order chi connectivity index (χ0) is 25.5. The number of nitrogens with zero attached hydrogens (tertiary/aromatic N) is 3. The molecule has 2 aliphatic heterocycles. The van der Waals surface area contributed by atoms with Crippen LogP contribution >= 0.6 is 34.1 Å². The van der Waals surface area contributed by atoms with Gasteiger partial charge in [-0.05, 0) is 35.9 Å². The molecule has 0 bridgehead atoms. The lowest BCUT2D eigenvalue weighted by Crippen LogP contribution is -2.54. The molecule has 3 heterocycles. The second-order valence-electron chi connectivity index (χ2n) is 9.59. The van der Waals surface area contributed by atoms with Crippen molar-refractivity contribution >= 4 is 40.0 Å². The maximum absolute atomic E-state index is 12.6. The summed E-state index contributed by atoms with van der Waals surface area (Å²) in [4.78, 5) is 13.7. The average Bonchev–Trinajstić information content (AvgIpc) is 3.61. The maximum atomic E-state index is 12.6. The van der Waals surface area contributed by atoms with Crippen molar-refractivity contribution < 1.29 is 19.0 Å². The molecule has 11 heteroatoms. The Balaban J connectivity index is 1.35. The quantitative estimate of drug-likeness (QED) is 0.427. The van der Waals surface area contributed by atoms with Crippen LogP contribution in [0.15, 0.2) is 59.6 Å². The third-order valence-corrected chi connectivity index (χ3v) is 10.8. The molecule has 2 unspecified atom stereocenters. The highest BCUT2D eigenvalue weighted by Gasteiger charge is 2.50. The number of fused-ring (bicyclic) bond motifs is 1. The van der Waals surface area contributed by atoms with E-state index in [1.807, 2.05) is 48.5 Å². The van der Waals surface area contributed by atoms with Crippen LogP contribution in [-0.4, -0.2) is 63.9 Å². The molecule has 3 fully saturated rings. The average molecular weight is 564 g/mol. The maximum Gasteiger partial charge on any atom is 0.273 e. The summed E-state index contributed by atoms with van der Waals surface area (Å²) in [6.45, 7) is 0.507. The Hall–Kier alpha value is -2.14. The first-order chi connectivity index (χ1) is 18.0. The van der Waals surface area contributed by atoms with Crippen LogP contribution in [-0.2, 0) is 14.2 Å². The monoisotopic (exact) mass is 562 g/mol. The van der Waals surface area contributed by atoms with E-state index in [1.54, 1.807) is 18.0 Å². The number of methoxy groups -OCH3 is 1. The molecule has 37 heavy (non-hydrogen) atoms. The van der Waals surface area contributed by atoms with Gasteiger partial charge < -0.3 is 19.5 Å². The van der Waals surface area contributed by atoms with E-state index in [1.165, 1.54) is 0 Å². The number of benzene rings is 2. The van der Waals surface area contributed by atoms with Crippen molar-refractivity contribution in [1.29, 1.82) is 0 Å². The fraction of sp³-hybridized carbons (Fsp3) is 0.423. The Morgan fingerprint density at radius 1 is 1.16 bits per heavy atom. The van der Waals surface area contributed by atoms with Gasteiger partial charge in [-0.2, -0.15) is 0 Å². The van der Waals surface area contributed by atoms with Crippen molar-refractivity contribution in [3.63, 3.8) is 0 Å². The molecule has 1 N–H and O–H groups in total. The predicted octanol–water partition coefficient (Wildman–Crippen LogP) is 4.59. The minimum absolute atomic E-state index is 0.0524. The number of carbonyl (C=O) groups excluding carboxylic acids is 1. The van der Waals surface area contributed by atoms with Crippen LogP contribution in [0.4, 0.5) is 0 Å². The Kier molecular flexibility index (Phi) is 7.17. The third kappa shape index (κ3) is 5.13. The van der Waals surface area contributed by atoms with Gasteiger partial charge in [0.25, 0.3) is 5.91 Å². The number of hydrogen-bond acceptors (Lipinski definition) is 6. The van der Waals surface area contributed by atoms with Crippen molar-refractivity contribution in [1.82, 2.24) is 20.3 Å². The molecule has 1 amide bonds. The SMILES string of the molecule is CO[C@H]1C[SH](c2ccc(Cl)c(Cl)c2)[C@@H]2COC(c3ccccc3)O[C@@H]2[C@H]1n1cc(C(=O)NC2CC2)nn1. The van der Waals surface area contributed by atoms with E-state index < -0.39 is 17.2 Å². The topological polar surface area (TPSA) is 87.5 Å². The molecule has 0 radical (unpaired) electrons.